The van der Waals surface area contributed by atoms with E-state index in [9.17, 15) is 14.4 Å². The van der Waals surface area contributed by atoms with Crippen molar-refractivity contribution in [3.63, 3.8) is 0 Å². The Morgan fingerprint density at radius 2 is 1.03 bits per heavy atom. The zero-order valence-corrected chi connectivity index (χ0v) is 24.7. The molecule has 0 atom stereocenters. The molecule has 0 aliphatic rings. The number of ether oxygens (including phenoxy) is 5. The van der Waals surface area contributed by atoms with Gasteiger partial charge < -0.3 is 42.6 Å². The molecule has 1 heterocycles. The molecule has 0 radical (unpaired) electrons. The minimum atomic E-state index is -5.38. The van der Waals surface area contributed by atoms with Crippen molar-refractivity contribution in [2.75, 3.05) is 35.5 Å². The first-order valence-corrected chi connectivity index (χ1v) is 10.4. The Bertz CT molecular complexity index is 1140. The van der Waals surface area contributed by atoms with Crippen LogP contribution in [0.25, 0.3) is 22.5 Å². The Morgan fingerprint density at radius 1 is 0.676 bits per heavy atom. The molecule has 0 aliphatic carbocycles. The van der Waals surface area contributed by atoms with E-state index in [1.165, 1.54) is 47.7 Å². The van der Waals surface area contributed by atoms with Crippen molar-refractivity contribution in [2.45, 2.75) is 0 Å². The zero-order chi connectivity index (χ0) is 23.5. The molecule has 12 nitrogen and oxygen atoms in total. The van der Waals surface area contributed by atoms with E-state index in [1.807, 2.05) is 0 Å². The smallest absolute Gasteiger partial charge is 0.780 e. The van der Waals surface area contributed by atoms with Crippen molar-refractivity contribution >= 4 is 7.82 Å². The molecular formula is C19H20N3Na2O9P. The van der Waals surface area contributed by atoms with Gasteiger partial charge in [0.25, 0.3) is 0 Å². The molecule has 0 spiro atoms. The van der Waals surface area contributed by atoms with E-state index in [-0.39, 0.29) is 76.4 Å². The summed E-state index contributed by atoms with van der Waals surface area (Å²) < 4.78 is 42.3. The number of aromatic amines is 1. The number of phosphoric ester groups is 1. The largest absolute Gasteiger partial charge is 1.00 e. The number of H-pyrrole nitrogens is 1. The first-order chi connectivity index (χ1) is 15.3. The molecule has 3 rings (SSSR count). The number of hydrogen-bond donors (Lipinski definition) is 1. The number of phosphoric acid groups is 1. The van der Waals surface area contributed by atoms with Gasteiger partial charge in [0, 0.05) is 11.1 Å². The summed E-state index contributed by atoms with van der Waals surface area (Å²) in [5.74, 6) is 0.881. The molecular weight excluding hydrogens is 491 g/mol. The number of nitrogens with zero attached hydrogens (tertiary/aromatic N) is 2. The van der Waals surface area contributed by atoms with E-state index < -0.39 is 7.82 Å². The van der Waals surface area contributed by atoms with Crippen LogP contribution >= 0.6 is 7.82 Å². The van der Waals surface area contributed by atoms with Crippen LogP contribution in [0.5, 0.6) is 34.5 Å². The summed E-state index contributed by atoms with van der Waals surface area (Å²) in [5, 5.41) is 10.9. The molecule has 2 aromatic carbocycles. The topological polar surface area (TPSA) is 160 Å². The predicted octanol–water partition coefficient (Wildman–Crippen LogP) is -4.60. The Hall–Kier alpha value is -1.47. The quantitative estimate of drug-likeness (QED) is 0.218. The molecule has 0 fully saturated rings. The van der Waals surface area contributed by atoms with Gasteiger partial charge in [-0.2, -0.15) is 15.4 Å². The molecule has 0 saturated carbocycles. The molecule has 0 amide bonds. The summed E-state index contributed by atoms with van der Waals surface area (Å²) in [6, 6.07) is 6.16. The van der Waals surface area contributed by atoms with Crippen molar-refractivity contribution in [2.24, 2.45) is 0 Å². The molecule has 34 heavy (non-hydrogen) atoms. The summed E-state index contributed by atoms with van der Waals surface area (Å²) in [4.78, 5) is 22.5. The van der Waals surface area contributed by atoms with Crippen LogP contribution in [0.3, 0.4) is 0 Å². The van der Waals surface area contributed by atoms with Crippen LogP contribution in [-0.2, 0) is 4.57 Å². The fourth-order valence-corrected chi connectivity index (χ4v) is 3.48. The van der Waals surface area contributed by atoms with Gasteiger partial charge in [-0.15, -0.1) is 0 Å². The fourth-order valence-electron chi connectivity index (χ4n) is 3.11. The summed E-state index contributed by atoms with van der Waals surface area (Å²) in [5.41, 5.74) is 1.56. The van der Waals surface area contributed by atoms with Gasteiger partial charge in [-0.3, -0.25) is 0 Å². The maximum Gasteiger partial charge on any atom is 1.00 e. The van der Waals surface area contributed by atoms with Gasteiger partial charge in [0.05, 0.1) is 35.5 Å². The van der Waals surface area contributed by atoms with Crippen molar-refractivity contribution in [3.8, 4) is 57.0 Å². The van der Waals surface area contributed by atoms with E-state index in [0.717, 1.165) is 0 Å². The van der Waals surface area contributed by atoms with Crippen LogP contribution in [0, 0.1) is 0 Å². The Balaban J connectivity index is 0.00000289. The van der Waals surface area contributed by atoms with E-state index in [0.29, 0.717) is 39.8 Å². The average Bonchev–Trinajstić information content (AvgIpc) is 3.26. The van der Waals surface area contributed by atoms with E-state index in [1.54, 1.807) is 12.1 Å². The maximum atomic E-state index is 11.2. The van der Waals surface area contributed by atoms with Crippen LogP contribution in [0.4, 0.5) is 0 Å². The minimum Gasteiger partial charge on any atom is -0.780 e. The van der Waals surface area contributed by atoms with Crippen LogP contribution in [0.15, 0.2) is 24.3 Å². The summed E-state index contributed by atoms with van der Waals surface area (Å²) >= 11 is 0. The second kappa shape index (κ2) is 13.0. The van der Waals surface area contributed by atoms with E-state index >= 15 is 0 Å². The predicted molar refractivity (Wildman–Crippen MR) is 108 cm³/mol. The molecule has 0 unspecified atom stereocenters. The van der Waals surface area contributed by atoms with Gasteiger partial charge in [0.15, 0.2) is 23.0 Å². The standard InChI is InChI=1S/C19H22N3O9P.2Na/c1-26-12-6-10(7-13(27-2)18(12)29-4)16-17(21-22-20-16)11-8-14(28-3)19(30-5)15(9-11)31-32(23,24)25;;/h6-9H,1-5H3,(H,20,21,22)(H2,23,24,25);;/q;2*+1/p-2. The third-order valence-corrected chi connectivity index (χ3v) is 4.83. The molecule has 0 bridgehead atoms. The second-order valence-corrected chi connectivity index (χ2v) is 7.26. The molecule has 172 valence electrons. The Kier molecular flexibility index (Phi) is 11.7. The first-order valence-electron chi connectivity index (χ1n) is 8.95. The molecule has 15 heteroatoms. The van der Waals surface area contributed by atoms with Gasteiger partial charge in [0.2, 0.25) is 11.5 Å². The molecule has 0 aliphatic heterocycles. The Morgan fingerprint density at radius 3 is 1.35 bits per heavy atom. The summed E-state index contributed by atoms with van der Waals surface area (Å²) in [6.07, 6.45) is 0. The molecule has 1 aromatic heterocycles. The second-order valence-electron chi connectivity index (χ2n) is 6.18. The van der Waals surface area contributed by atoms with Crippen molar-refractivity contribution in [1.29, 1.82) is 0 Å². The number of aromatic nitrogens is 3. The summed E-state index contributed by atoms with van der Waals surface area (Å²) in [7, 11) is 1.69. The molecule has 0 saturated heterocycles. The first kappa shape index (κ1) is 30.6. The van der Waals surface area contributed by atoms with Crippen LogP contribution < -0.4 is 97.1 Å². The van der Waals surface area contributed by atoms with Gasteiger partial charge in [-0.1, -0.05) is 0 Å². The minimum absolute atomic E-state index is 0. The number of hydrogen-bond acceptors (Lipinski definition) is 11. The van der Waals surface area contributed by atoms with Gasteiger partial charge in [0.1, 0.15) is 19.2 Å². The average molecular weight is 511 g/mol. The summed E-state index contributed by atoms with van der Waals surface area (Å²) in [6.45, 7) is 0. The van der Waals surface area contributed by atoms with Gasteiger partial charge in [-0.05, 0) is 24.3 Å². The maximum absolute atomic E-state index is 11.2. The van der Waals surface area contributed by atoms with Crippen molar-refractivity contribution in [3.05, 3.63) is 24.3 Å². The SMILES string of the molecule is COc1cc(-c2n[nH]nc2-c2cc(OC)c(OC)c(OP(=O)([O-])[O-])c2)cc(OC)c1OC.[Na+].[Na+]. The van der Waals surface area contributed by atoms with Gasteiger partial charge in [-0.25, -0.2) is 0 Å². The third kappa shape index (κ3) is 6.60. The van der Waals surface area contributed by atoms with E-state index in [4.69, 9.17) is 23.7 Å². The Labute approximate surface area is 240 Å². The monoisotopic (exact) mass is 511 g/mol. The van der Waals surface area contributed by atoms with Crippen LogP contribution in [0.1, 0.15) is 0 Å². The number of nitrogens with one attached hydrogen (secondary N) is 1. The number of methoxy groups -OCH3 is 5. The van der Waals surface area contributed by atoms with Crippen LogP contribution in [0.2, 0.25) is 0 Å². The van der Waals surface area contributed by atoms with Crippen molar-refractivity contribution in [1.82, 2.24) is 15.4 Å². The third-order valence-electron chi connectivity index (χ3n) is 4.41. The fraction of sp³-hybridized carbons (Fsp3) is 0.263. The molecule has 3 aromatic rings. The molecule has 1 N–H and O–H groups in total. The zero-order valence-electron chi connectivity index (χ0n) is 19.8. The van der Waals surface area contributed by atoms with Crippen molar-refractivity contribution < 1.29 is 102 Å². The van der Waals surface area contributed by atoms with Crippen LogP contribution in [-0.4, -0.2) is 51.0 Å². The number of rotatable bonds is 9. The van der Waals surface area contributed by atoms with E-state index in [2.05, 4.69) is 19.9 Å². The van der Waals surface area contributed by atoms with Gasteiger partial charge >= 0.3 is 59.1 Å². The number of benzene rings is 2. The normalized spacial score (nSPS) is 10.4.